The van der Waals surface area contributed by atoms with Gasteiger partial charge in [0.2, 0.25) is 10.0 Å². The van der Waals surface area contributed by atoms with Crippen LogP contribution in [0.15, 0.2) is 53.4 Å². The van der Waals surface area contributed by atoms with Crippen LogP contribution < -0.4 is 9.46 Å². The van der Waals surface area contributed by atoms with Crippen molar-refractivity contribution in [3.63, 3.8) is 0 Å². The van der Waals surface area contributed by atoms with E-state index in [1.165, 1.54) is 54.4 Å². The minimum Gasteiger partial charge on any atom is -0.405 e. The zero-order chi connectivity index (χ0) is 21.7. The summed E-state index contributed by atoms with van der Waals surface area (Å²) in [6.45, 7) is -0.319. The molecule has 10 heteroatoms. The van der Waals surface area contributed by atoms with Gasteiger partial charge in [0.1, 0.15) is 5.75 Å². The molecule has 0 radical (unpaired) electrons. The molecule has 2 aromatic rings. The van der Waals surface area contributed by atoms with Crippen LogP contribution in [0, 0.1) is 12.3 Å². The summed E-state index contributed by atoms with van der Waals surface area (Å²) in [4.78, 5) is 13.7. The minimum absolute atomic E-state index is 0.0733. The molecule has 1 N–H and O–H groups in total. The molecule has 6 nitrogen and oxygen atoms in total. The molecular formula is C19H17F3N2O4S. The number of amides is 1. The first-order chi connectivity index (χ1) is 13.5. The summed E-state index contributed by atoms with van der Waals surface area (Å²) < 4.78 is 67.7. The first-order valence-electron chi connectivity index (χ1n) is 8.16. The summed E-state index contributed by atoms with van der Waals surface area (Å²) in [5.74, 6) is 1.24. The Kier molecular flexibility index (Phi) is 6.89. The topological polar surface area (TPSA) is 75.7 Å². The number of halogens is 3. The van der Waals surface area contributed by atoms with Crippen molar-refractivity contribution in [3.05, 3.63) is 59.7 Å². The van der Waals surface area contributed by atoms with E-state index in [0.29, 0.717) is 0 Å². The Morgan fingerprint density at radius 3 is 2.38 bits per heavy atom. The molecule has 0 atom stereocenters. The number of rotatable bonds is 7. The minimum atomic E-state index is -4.85. The predicted molar refractivity (Wildman–Crippen MR) is 99.4 cm³/mol. The van der Waals surface area contributed by atoms with Crippen LogP contribution in [-0.2, 0) is 16.6 Å². The number of nitrogens with zero attached hydrogens (tertiary/aromatic N) is 1. The quantitative estimate of drug-likeness (QED) is 0.691. The van der Waals surface area contributed by atoms with Crippen LogP contribution in [0.2, 0.25) is 0 Å². The maximum absolute atomic E-state index is 12.5. The van der Waals surface area contributed by atoms with Gasteiger partial charge in [0.05, 0.1) is 11.4 Å². The monoisotopic (exact) mass is 426 g/mol. The fraction of sp³-hybridized carbons (Fsp3) is 0.211. The Balaban J connectivity index is 2.15. The van der Waals surface area contributed by atoms with E-state index in [1.54, 1.807) is 0 Å². The van der Waals surface area contributed by atoms with Gasteiger partial charge in [0.15, 0.2) is 0 Å². The zero-order valence-corrected chi connectivity index (χ0v) is 16.0. The van der Waals surface area contributed by atoms with Crippen molar-refractivity contribution in [1.82, 2.24) is 9.62 Å². The third-order valence-corrected chi connectivity index (χ3v) is 5.15. The number of carbonyl (C=O) groups is 1. The van der Waals surface area contributed by atoms with E-state index in [-0.39, 0.29) is 29.1 Å². The van der Waals surface area contributed by atoms with E-state index in [9.17, 15) is 26.4 Å². The molecule has 2 aromatic carbocycles. The molecule has 0 bridgehead atoms. The van der Waals surface area contributed by atoms with Gasteiger partial charge in [-0.3, -0.25) is 4.79 Å². The number of benzene rings is 2. The molecule has 29 heavy (non-hydrogen) atoms. The van der Waals surface area contributed by atoms with E-state index < -0.39 is 28.0 Å². The number of hydrogen-bond donors (Lipinski definition) is 1. The standard InChI is InChI=1S/C19H17F3N2O4S/c1-3-12-23-29(26,27)16-10-8-14(9-11-16)18(25)24(2)13-15-6-4-5-7-17(15)28-19(20,21)22/h1,4-11,23H,12-13H2,2H3. The Labute approximate surface area is 166 Å². The summed E-state index contributed by atoms with van der Waals surface area (Å²) >= 11 is 0. The highest BCUT2D eigenvalue weighted by Crippen LogP contribution is 2.27. The highest BCUT2D eigenvalue weighted by Gasteiger charge is 2.32. The number of para-hydroxylation sites is 1. The average Bonchev–Trinajstić information content (AvgIpc) is 2.66. The van der Waals surface area contributed by atoms with E-state index in [0.717, 1.165) is 6.07 Å². The van der Waals surface area contributed by atoms with Crippen molar-refractivity contribution in [2.24, 2.45) is 0 Å². The number of alkyl halides is 3. The van der Waals surface area contributed by atoms with Crippen LogP contribution in [0.5, 0.6) is 5.75 Å². The summed E-state index contributed by atoms with van der Waals surface area (Å²) in [5, 5.41) is 0. The highest BCUT2D eigenvalue weighted by molar-refractivity contribution is 7.89. The third kappa shape index (κ3) is 6.23. The van der Waals surface area contributed by atoms with Crippen molar-refractivity contribution in [2.45, 2.75) is 17.8 Å². The van der Waals surface area contributed by atoms with Gasteiger partial charge in [-0.2, -0.15) is 4.72 Å². The normalized spacial score (nSPS) is 11.6. The highest BCUT2D eigenvalue weighted by atomic mass is 32.2. The molecule has 0 saturated carbocycles. The van der Waals surface area contributed by atoms with Gasteiger partial charge in [-0.25, -0.2) is 8.42 Å². The third-order valence-electron chi connectivity index (χ3n) is 3.73. The summed E-state index contributed by atoms with van der Waals surface area (Å²) in [6, 6.07) is 10.6. The molecule has 154 valence electrons. The van der Waals surface area contributed by atoms with Gasteiger partial charge in [0, 0.05) is 24.7 Å². The Hall–Kier alpha value is -3.03. The predicted octanol–water partition coefficient (Wildman–Crippen LogP) is 2.77. The Bertz CT molecular complexity index is 1010. The molecule has 0 heterocycles. The lowest BCUT2D eigenvalue weighted by atomic mass is 10.1. The van der Waals surface area contributed by atoms with E-state index >= 15 is 0 Å². The second-order valence-corrected chi connectivity index (χ2v) is 7.64. The molecule has 0 fully saturated rings. The van der Waals surface area contributed by atoms with Crippen molar-refractivity contribution in [1.29, 1.82) is 0 Å². The van der Waals surface area contributed by atoms with E-state index in [1.807, 2.05) is 0 Å². The smallest absolute Gasteiger partial charge is 0.405 e. The van der Waals surface area contributed by atoms with Gasteiger partial charge >= 0.3 is 6.36 Å². The summed E-state index contributed by atoms with van der Waals surface area (Å²) in [5.41, 5.74) is 0.330. The van der Waals surface area contributed by atoms with E-state index in [2.05, 4.69) is 15.4 Å². The SMILES string of the molecule is C#CCNS(=O)(=O)c1ccc(C(=O)N(C)Cc2ccccc2OC(F)(F)F)cc1. The van der Waals surface area contributed by atoms with Crippen LogP contribution in [-0.4, -0.2) is 39.2 Å². The Morgan fingerprint density at radius 2 is 1.79 bits per heavy atom. The van der Waals surface area contributed by atoms with Crippen molar-refractivity contribution < 1.29 is 31.1 Å². The lowest BCUT2D eigenvalue weighted by Crippen LogP contribution is -2.27. The van der Waals surface area contributed by atoms with Crippen LogP contribution in [0.3, 0.4) is 0 Å². The lowest BCUT2D eigenvalue weighted by Gasteiger charge is -2.20. The number of ether oxygens (including phenoxy) is 1. The van der Waals surface area contributed by atoms with E-state index in [4.69, 9.17) is 6.42 Å². The van der Waals surface area contributed by atoms with Gasteiger partial charge in [-0.1, -0.05) is 24.1 Å². The van der Waals surface area contributed by atoms with Crippen molar-refractivity contribution in [3.8, 4) is 18.1 Å². The molecular weight excluding hydrogens is 409 g/mol. The van der Waals surface area contributed by atoms with Gasteiger partial charge in [-0.05, 0) is 30.3 Å². The molecule has 0 aliphatic carbocycles. The second-order valence-electron chi connectivity index (χ2n) is 5.87. The fourth-order valence-corrected chi connectivity index (χ4v) is 3.34. The fourth-order valence-electron chi connectivity index (χ4n) is 2.40. The molecule has 2 rings (SSSR count). The molecule has 0 saturated heterocycles. The van der Waals surface area contributed by atoms with Crippen LogP contribution in [0.4, 0.5) is 13.2 Å². The lowest BCUT2D eigenvalue weighted by molar-refractivity contribution is -0.275. The largest absolute Gasteiger partial charge is 0.573 e. The number of nitrogens with one attached hydrogen (secondary N) is 1. The van der Waals surface area contributed by atoms with Gasteiger partial charge < -0.3 is 9.64 Å². The van der Waals surface area contributed by atoms with Gasteiger partial charge in [0.25, 0.3) is 5.91 Å². The number of sulfonamides is 1. The van der Waals surface area contributed by atoms with Crippen LogP contribution in [0.25, 0.3) is 0 Å². The first-order valence-corrected chi connectivity index (χ1v) is 9.64. The van der Waals surface area contributed by atoms with Crippen molar-refractivity contribution in [2.75, 3.05) is 13.6 Å². The zero-order valence-electron chi connectivity index (χ0n) is 15.2. The second kappa shape index (κ2) is 8.98. The molecule has 0 aromatic heterocycles. The maximum atomic E-state index is 12.5. The van der Waals surface area contributed by atoms with Gasteiger partial charge in [-0.15, -0.1) is 19.6 Å². The molecule has 0 spiro atoms. The average molecular weight is 426 g/mol. The number of hydrogen-bond acceptors (Lipinski definition) is 4. The summed E-state index contributed by atoms with van der Waals surface area (Å²) in [6.07, 6.45) is 0.167. The van der Waals surface area contributed by atoms with Crippen molar-refractivity contribution >= 4 is 15.9 Å². The molecule has 0 aliphatic rings. The molecule has 0 aliphatic heterocycles. The number of carbonyl (C=O) groups excluding carboxylic acids is 1. The molecule has 0 unspecified atom stereocenters. The van der Waals surface area contributed by atoms with Crippen LogP contribution >= 0.6 is 0 Å². The first kappa shape index (κ1) is 22.3. The Morgan fingerprint density at radius 1 is 1.17 bits per heavy atom. The number of terminal acetylenes is 1. The molecule has 1 amide bonds. The maximum Gasteiger partial charge on any atom is 0.573 e. The summed E-state index contributed by atoms with van der Waals surface area (Å²) in [7, 11) is -2.39. The van der Waals surface area contributed by atoms with Crippen LogP contribution in [0.1, 0.15) is 15.9 Å².